The van der Waals surface area contributed by atoms with E-state index in [1.807, 2.05) is 13.0 Å². The smallest absolute Gasteiger partial charge is 0.272 e. The van der Waals surface area contributed by atoms with Crippen LogP contribution in [0.3, 0.4) is 0 Å². The molecule has 2 aromatic rings. The lowest BCUT2D eigenvalue weighted by Crippen LogP contribution is -2.28. The zero-order chi connectivity index (χ0) is 22.8. The lowest BCUT2D eigenvalue weighted by Gasteiger charge is -2.17. The van der Waals surface area contributed by atoms with Gasteiger partial charge in [0, 0.05) is 23.4 Å². The topological polar surface area (TPSA) is 94.1 Å². The Morgan fingerprint density at radius 2 is 1.94 bits per heavy atom. The first-order valence-electron chi connectivity index (χ1n) is 10.9. The number of halogens is 2. The highest BCUT2D eigenvalue weighted by Gasteiger charge is 2.31. The third kappa shape index (κ3) is 5.63. The number of ether oxygens (including phenoxy) is 1. The van der Waals surface area contributed by atoms with E-state index in [1.165, 1.54) is 6.20 Å². The van der Waals surface area contributed by atoms with Crippen molar-refractivity contribution in [2.75, 3.05) is 6.61 Å². The van der Waals surface area contributed by atoms with Crippen molar-refractivity contribution in [3.05, 3.63) is 46.7 Å². The Labute approximate surface area is 185 Å². The van der Waals surface area contributed by atoms with Crippen LogP contribution in [0.15, 0.2) is 18.3 Å². The van der Waals surface area contributed by atoms with Crippen molar-refractivity contribution < 1.29 is 23.1 Å². The molecule has 0 radical (unpaired) electrons. The van der Waals surface area contributed by atoms with Crippen molar-refractivity contribution >= 4 is 11.7 Å². The second-order valence-electron chi connectivity index (χ2n) is 8.56. The van der Waals surface area contributed by atoms with Gasteiger partial charge in [-0.1, -0.05) is 0 Å². The van der Waals surface area contributed by atoms with E-state index >= 15 is 0 Å². The number of aryl methyl sites for hydroxylation is 1. The molecule has 4 rings (SSSR count). The molecule has 2 aliphatic rings. The molecule has 170 valence electrons. The molecular weight excluding hydrogens is 418 g/mol. The molecule has 1 unspecified atom stereocenters. The summed E-state index contributed by atoms with van der Waals surface area (Å²) in [7, 11) is 0. The summed E-state index contributed by atoms with van der Waals surface area (Å²) in [6.07, 6.45) is 2.84. The van der Waals surface area contributed by atoms with E-state index in [2.05, 4.69) is 20.3 Å². The minimum Gasteiger partial charge on any atom is -0.471 e. The van der Waals surface area contributed by atoms with Gasteiger partial charge in [-0.15, -0.1) is 0 Å². The molecule has 1 amide bonds. The van der Waals surface area contributed by atoms with Crippen LogP contribution in [0.2, 0.25) is 0 Å². The molecule has 0 bridgehead atoms. The van der Waals surface area contributed by atoms with Crippen LogP contribution in [0.1, 0.15) is 77.7 Å². The second-order valence-corrected chi connectivity index (χ2v) is 8.56. The van der Waals surface area contributed by atoms with Crippen LogP contribution in [0.4, 0.5) is 8.78 Å². The summed E-state index contributed by atoms with van der Waals surface area (Å²) in [5.41, 5.74) is 2.37. The highest BCUT2D eigenvalue weighted by atomic mass is 19.3. The quantitative estimate of drug-likeness (QED) is 0.600. The standard InChI is InChI=1S/C23H26F2N4O3/c1-12-7-18(29-21(27-12)9-19(30)15-5-6-15)22(31)28-13(2)16-8-17(14-3-4-14)23(26-10-16)32-11-20(24)25/h7-8,10,13-15,20H,3-6,9,11H2,1-2H3,(H,28,31). The van der Waals surface area contributed by atoms with E-state index in [0.717, 1.165) is 36.8 Å². The summed E-state index contributed by atoms with van der Waals surface area (Å²) in [5.74, 6) is 0.674. The van der Waals surface area contributed by atoms with Crippen LogP contribution in [0.5, 0.6) is 5.88 Å². The maximum atomic E-state index is 12.8. The minimum atomic E-state index is -2.57. The fraction of sp³-hybridized carbons (Fsp3) is 0.522. The summed E-state index contributed by atoms with van der Waals surface area (Å²) in [6.45, 7) is 2.88. The number of Topliss-reactive ketones (excluding diaryl/α,β-unsaturated/α-hetero) is 1. The van der Waals surface area contributed by atoms with Gasteiger partial charge in [-0.05, 0) is 63.1 Å². The molecule has 2 heterocycles. The van der Waals surface area contributed by atoms with Gasteiger partial charge in [0.1, 0.15) is 17.3 Å². The summed E-state index contributed by atoms with van der Waals surface area (Å²) in [6, 6.07) is 3.06. The molecule has 1 N–H and O–H groups in total. The lowest BCUT2D eigenvalue weighted by atomic mass is 10.1. The second kappa shape index (κ2) is 9.26. The number of aromatic nitrogens is 3. The number of hydrogen-bond donors (Lipinski definition) is 1. The van der Waals surface area contributed by atoms with Gasteiger partial charge in [0.15, 0.2) is 6.61 Å². The van der Waals surface area contributed by atoms with Crippen molar-refractivity contribution in [2.45, 2.75) is 64.3 Å². The van der Waals surface area contributed by atoms with E-state index in [-0.39, 0.29) is 47.6 Å². The first kappa shape index (κ1) is 22.2. The van der Waals surface area contributed by atoms with Crippen molar-refractivity contribution in [3.63, 3.8) is 0 Å². The van der Waals surface area contributed by atoms with E-state index in [4.69, 9.17) is 4.74 Å². The van der Waals surface area contributed by atoms with Crippen LogP contribution in [-0.4, -0.2) is 39.7 Å². The van der Waals surface area contributed by atoms with Gasteiger partial charge >= 0.3 is 0 Å². The third-order valence-corrected chi connectivity index (χ3v) is 5.61. The minimum absolute atomic E-state index is 0.109. The number of carbonyl (C=O) groups is 2. The molecular formula is C23H26F2N4O3. The predicted molar refractivity (Wildman–Crippen MR) is 112 cm³/mol. The van der Waals surface area contributed by atoms with Gasteiger partial charge in [-0.3, -0.25) is 9.59 Å². The average Bonchev–Trinajstić information content (AvgIpc) is 3.63. The van der Waals surface area contributed by atoms with Crippen molar-refractivity contribution in [1.82, 2.24) is 20.3 Å². The van der Waals surface area contributed by atoms with Crippen LogP contribution in [0.25, 0.3) is 0 Å². The number of amides is 1. The molecule has 0 spiro atoms. The SMILES string of the molecule is Cc1cc(C(=O)NC(C)c2cnc(OCC(F)F)c(C3CC3)c2)nc(CC(=O)C2CC2)n1. The van der Waals surface area contributed by atoms with Crippen LogP contribution in [0, 0.1) is 12.8 Å². The Morgan fingerprint density at radius 1 is 1.19 bits per heavy atom. The van der Waals surface area contributed by atoms with E-state index < -0.39 is 13.0 Å². The number of alkyl halides is 2. The Morgan fingerprint density at radius 3 is 2.59 bits per heavy atom. The lowest BCUT2D eigenvalue weighted by molar-refractivity contribution is -0.119. The average molecular weight is 444 g/mol. The fourth-order valence-corrected chi connectivity index (χ4v) is 3.56. The molecule has 2 saturated carbocycles. The van der Waals surface area contributed by atoms with Crippen LogP contribution in [-0.2, 0) is 11.2 Å². The van der Waals surface area contributed by atoms with Gasteiger partial charge < -0.3 is 10.1 Å². The van der Waals surface area contributed by atoms with Gasteiger partial charge in [0.25, 0.3) is 12.3 Å². The highest BCUT2D eigenvalue weighted by molar-refractivity contribution is 5.93. The number of nitrogens with zero attached hydrogens (tertiary/aromatic N) is 3. The van der Waals surface area contributed by atoms with E-state index in [1.54, 1.807) is 13.0 Å². The maximum absolute atomic E-state index is 12.8. The van der Waals surface area contributed by atoms with Gasteiger partial charge in [-0.2, -0.15) is 0 Å². The zero-order valence-corrected chi connectivity index (χ0v) is 18.1. The summed E-state index contributed by atoms with van der Waals surface area (Å²) in [4.78, 5) is 37.7. The van der Waals surface area contributed by atoms with Crippen LogP contribution < -0.4 is 10.1 Å². The monoisotopic (exact) mass is 444 g/mol. The van der Waals surface area contributed by atoms with Gasteiger partial charge in [-0.25, -0.2) is 23.7 Å². The molecule has 1 atom stereocenters. The van der Waals surface area contributed by atoms with Gasteiger partial charge in [0.05, 0.1) is 12.5 Å². The van der Waals surface area contributed by atoms with Crippen molar-refractivity contribution in [3.8, 4) is 5.88 Å². The number of nitrogens with one attached hydrogen (secondary N) is 1. The van der Waals surface area contributed by atoms with Crippen LogP contribution >= 0.6 is 0 Å². The normalized spacial score (nSPS) is 16.7. The predicted octanol–water partition coefficient (Wildman–Crippen LogP) is 3.71. The molecule has 2 aliphatic carbocycles. The first-order valence-corrected chi connectivity index (χ1v) is 10.9. The highest BCUT2D eigenvalue weighted by Crippen LogP contribution is 2.44. The first-order chi connectivity index (χ1) is 15.3. The number of pyridine rings is 1. The largest absolute Gasteiger partial charge is 0.471 e. The number of carbonyl (C=O) groups excluding carboxylic acids is 2. The Bertz CT molecular complexity index is 1020. The number of rotatable bonds is 10. The van der Waals surface area contributed by atoms with Crippen molar-refractivity contribution in [2.24, 2.45) is 5.92 Å². The maximum Gasteiger partial charge on any atom is 0.272 e. The summed E-state index contributed by atoms with van der Waals surface area (Å²) >= 11 is 0. The fourth-order valence-electron chi connectivity index (χ4n) is 3.56. The molecule has 0 aliphatic heterocycles. The molecule has 0 aromatic carbocycles. The molecule has 9 heteroatoms. The van der Waals surface area contributed by atoms with Gasteiger partial charge in [0.2, 0.25) is 5.88 Å². The Balaban J connectivity index is 1.45. The Hall–Kier alpha value is -2.97. The molecule has 2 fully saturated rings. The molecule has 7 nitrogen and oxygen atoms in total. The van der Waals surface area contributed by atoms with Crippen molar-refractivity contribution in [1.29, 1.82) is 0 Å². The van der Waals surface area contributed by atoms with E-state index in [9.17, 15) is 18.4 Å². The Kier molecular flexibility index (Phi) is 6.43. The molecule has 0 saturated heterocycles. The third-order valence-electron chi connectivity index (χ3n) is 5.61. The summed E-state index contributed by atoms with van der Waals surface area (Å²) in [5, 5.41) is 2.90. The number of hydrogen-bond acceptors (Lipinski definition) is 6. The zero-order valence-electron chi connectivity index (χ0n) is 18.1. The number of ketones is 1. The molecule has 2 aromatic heterocycles. The van der Waals surface area contributed by atoms with E-state index in [0.29, 0.717) is 11.5 Å². The molecule has 32 heavy (non-hydrogen) atoms. The summed E-state index contributed by atoms with van der Waals surface area (Å²) < 4.78 is 30.2.